The lowest BCUT2D eigenvalue weighted by Crippen LogP contribution is -2.45. The average Bonchev–Trinajstić information content (AvgIpc) is 2.28. The van der Waals surface area contributed by atoms with Crippen molar-refractivity contribution in [3.8, 4) is 0 Å². The second-order valence-electron chi connectivity index (χ2n) is 5.13. The number of rotatable bonds is 2. The van der Waals surface area contributed by atoms with Gasteiger partial charge in [-0.2, -0.15) is 4.98 Å². The Morgan fingerprint density at radius 3 is 2.39 bits per heavy atom. The monoisotopic (exact) mass is 251 g/mol. The van der Waals surface area contributed by atoms with E-state index in [2.05, 4.69) is 26.8 Å². The van der Waals surface area contributed by atoms with Gasteiger partial charge in [0.2, 0.25) is 5.95 Å². The van der Waals surface area contributed by atoms with E-state index in [1.54, 1.807) is 0 Å². The molecular weight excluding hydrogens is 230 g/mol. The maximum absolute atomic E-state index is 12.0. The minimum absolute atomic E-state index is 0.0859. The Morgan fingerprint density at radius 2 is 1.89 bits per heavy atom. The first-order valence-electron chi connectivity index (χ1n) is 6.32. The molecule has 2 rings (SSSR count). The van der Waals surface area contributed by atoms with Crippen LogP contribution in [0.25, 0.3) is 0 Å². The van der Waals surface area contributed by atoms with Crippen LogP contribution >= 0.6 is 0 Å². The van der Waals surface area contributed by atoms with Gasteiger partial charge in [-0.05, 0) is 13.0 Å². The molecule has 0 bridgehead atoms. The summed E-state index contributed by atoms with van der Waals surface area (Å²) < 4.78 is 0. The summed E-state index contributed by atoms with van der Waals surface area (Å²) in [5.74, 6) is 1.03. The smallest absolute Gasteiger partial charge is 0.257 e. The summed E-state index contributed by atoms with van der Waals surface area (Å²) in [6.45, 7) is 7.54. The van der Waals surface area contributed by atoms with Gasteiger partial charge in [-0.1, -0.05) is 13.8 Å². The minimum Gasteiger partial charge on any atom is -0.383 e. The standard InChI is InChI=1S/C12H21N5O/c1-8(2)9-10(13)14-12(15-11(9)18)17-6-4-16(3)5-7-17/h8H,4-7H2,1-3H3,(H3,13,14,15,18). The van der Waals surface area contributed by atoms with Gasteiger partial charge in [0.1, 0.15) is 5.82 Å². The van der Waals surface area contributed by atoms with Crippen molar-refractivity contribution in [3.05, 3.63) is 15.9 Å². The van der Waals surface area contributed by atoms with Crippen LogP contribution in [0.3, 0.4) is 0 Å². The Labute approximate surface area is 107 Å². The van der Waals surface area contributed by atoms with E-state index in [4.69, 9.17) is 5.73 Å². The van der Waals surface area contributed by atoms with Crippen LogP contribution in [0.4, 0.5) is 11.8 Å². The van der Waals surface area contributed by atoms with Crippen molar-refractivity contribution in [1.29, 1.82) is 0 Å². The van der Waals surface area contributed by atoms with Gasteiger partial charge in [0.15, 0.2) is 0 Å². The largest absolute Gasteiger partial charge is 0.383 e. The summed E-state index contributed by atoms with van der Waals surface area (Å²) in [6, 6.07) is 0. The highest BCUT2D eigenvalue weighted by Gasteiger charge is 2.19. The maximum atomic E-state index is 12.0. The minimum atomic E-state index is -0.119. The second-order valence-corrected chi connectivity index (χ2v) is 5.13. The molecule has 1 aromatic rings. The molecule has 0 saturated carbocycles. The Bertz CT molecular complexity index is 474. The number of aromatic nitrogens is 2. The van der Waals surface area contributed by atoms with Crippen LogP contribution in [0, 0.1) is 0 Å². The molecule has 1 aliphatic heterocycles. The molecule has 0 unspecified atom stereocenters. The molecule has 1 aliphatic rings. The molecular formula is C12H21N5O. The van der Waals surface area contributed by atoms with Crippen LogP contribution in [0.5, 0.6) is 0 Å². The van der Waals surface area contributed by atoms with Gasteiger partial charge < -0.3 is 15.5 Å². The van der Waals surface area contributed by atoms with Crippen LogP contribution in [-0.4, -0.2) is 48.1 Å². The van der Waals surface area contributed by atoms with Gasteiger partial charge in [0.05, 0.1) is 5.56 Å². The van der Waals surface area contributed by atoms with Crippen LogP contribution in [-0.2, 0) is 0 Å². The topological polar surface area (TPSA) is 78.2 Å². The zero-order valence-electron chi connectivity index (χ0n) is 11.2. The highest BCUT2D eigenvalue weighted by molar-refractivity contribution is 5.45. The number of hydrogen-bond donors (Lipinski definition) is 2. The van der Waals surface area contributed by atoms with E-state index in [0.717, 1.165) is 26.2 Å². The van der Waals surface area contributed by atoms with E-state index < -0.39 is 0 Å². The first-order valence-corrected chi connectivity index (χ1v) is 6.32. The molecule has 3 N–H and O–H groups in total. The van der Waals surface area contributed by atoms with Gasteiger partial charge in [-0.3, -0.25) is 9.78 Å². The summed E-state index contributed by atoms with van der Waals surface area (Å²) >= 11 is 0. The SMILES string of the molecule is CC(C)c1c(N)nc(N2CCN(C)CC2)[nH]c1=O. The van der Waals surface area contributed by atoms with Crippen molar-refractivity contribution < 1.29 is 0 Å². The number of likely N-dealkylation sites (N-methyl/N-ethyl adjacent to an activating group) is 1. The van der Waals surface area contributed by atoms with Crippen molar-refractivity contribution >= 4 is 11.8 Å². The van der Waals surface area contributed by atoms with E-state index in [-0.39, 0.29) is 11.5 Å². The van der Waals surface area contributed by atoms with Gasteiger partial charge in [0.25, 0.3) is 5.56 Å². The van der Waals surface area contributed by atoms with E-state index in [1.165, 1.54) is 0 Å². The van der Waals surface area contributed by atoms with Crippen LogP contribution < -0.4 is 16.2 Å². The third-order valence-electron chi connectivity index (χ3n) is 3.35. The number of aromatic amines is 1. The fourth-order valence-corrected chi connectivity index (χ4v) is 2.21. The number of nitrogens with two attached hydrogens (primary N) is 1. The zero-order chi connectivity index (χ0) is 13.3. The van der Waals surface area contributed by atoms with Gasteiger partial charge >= 0.3 is 0 Å². The van der Waals surface area contributed by atoms with Crippen molar-refractivity contribution in [2.75, 3.05) is 43.9 Å². The normalized spacial score (nSPS) is 17.4. The molecule has 1 fully saturated rings. The molecule has 0 atom stereocenters. The lowest BCUT2D eigenvalue weighted by molar-refractivity contribution is 0.311. The summed E-state index contributed by atoms with van der Waals surface area (Å²) in [5.41, 5.74) is 6.35. The van der Waals surface area contributed by atoms with E-state index in [1.807, 2.05) is 13.8 Å². The number of nitrogen functional groups attached to an aromatic ring is 1. The Balaban J connectivity index is 2.28. The van der Waals surface area contributed by atoms with E-state index >= 15 is 0 Å². The van der Waals surface area contributed by atoms with Crippen LogP contribution in [0.1, 0.15) is 25.3 Å². The molecule has 0 spiro atoms. The third-order valence-corrected chi connectivity index (χ3v) is 3.35. The van der Waals surface area contributed by atoms with Crippen LogP contribution in [0.15, 0.2) is 4.79 Å². The lowest BCUT2D eigenvalue weighted by atomic mass is 10.1. The fourth-order valence-electron chi connectivity index (χ4n) is 2.21. The Morgan fingerprint density at radius 1 is 1.28 bits per heavy atom. The zero-order valence-corrected chi connectivity index (χ0v) is 11.2. The number of hydrogen-bond acceptors (Lipinski definition) is 5. The molecule has 6 nitrogen and oxygen atoms in total. The van der Waals surface area contributed by atoms with E-state index in [0.29, 0.717) is 17.3 Å². The van der Waals surface area contributed by atoms with Crippen LogP contribution in [0.2, 0.25) is 0 Å². The fraction of sp³-hybridized carbons (Fsp3) is 0.667. The molecule has 2 heterocycles. The molecule has 1 saturated heterocycles. The Hall–Kier alpha value is -1.56. The highest BCUT2D eigenvalue weighted by atomic mass is 16.1. The van der Waals surface area contributed by atoms with Crippen molar-refractivity contribution in [2.24, 2.45) is 0 Å². The van der Waals surface area contributed by atoms with Gasteiger partial charge in [0, 0.05) is 26.2 Å². The number of piperazine rings is 1. The molecule has 0 amide bonds. The summed E-state index contributed by atoms with van der Waals surface area (Å²) in [5, 5.41) is 0. The molecule has 100 valence electrons. The average molecular weight is 251 g/mol. The quantitative estimate of drug-likeness (QED) is 0.786. The highest BCUT2D eigenvalue weighted by Crippen LogP contribution is 2.18. The number of nitrogens with zero attached hydrogens (tertiary/aromatic N) is 3. The predicted octanol–water partition coefficient (Wildman–Crippen LogP) is 0.227. The maximum Gasteiger partial charge on any atom is 0.257 e. The molecule has 0 radical (unpaired) electrons. The van der Waals surface area contributed by atoms with Gasteiger partial charge in [-0.15, -0.1) is 0 Å². The summed E-state index contributed by atoms with van der Waals surface area (Å²) in [6.07, 6.45) is 0. The molecule has 6 heteroatoms. The first kappa shape index (κ1) is 12.9. The van der Waals surface area contributed by atoms with Crippen molar-refractivity contribution in [3.63, 3.8) is 0 Å². The number of H-pyrrole nitrogens is 1. The molecule has 1 aromatic heterocycles. The van der Waals surface area contributed by atoms with Crippen molar-refractivity contribution in [2.45, 2.75) is 19.8 Å². The third kappa shape index (κ3) is 2.48. The van der Waals surface area contributed by atoms with Crippen molar-refractivity contribution in [1.82, 2.24) is 14.9 Å². The van der Waals surface area contributed by atoms with E-state index in [9.17, 15) is 4.79 Å². The number of nitrogens with one attached hydrogen (secondary N) is 1. The number of anilines is 2. The second kappa shape index (κ2) is 4.97. The molecule has 0 aliphatic carbocycles. The van der Waals surface area contributed by atoms with Gasteiger partial charge in [-0.25, -0.2) is 0 Å². The summed E-state index contributed by atoms with van der Waals surface area (Å²) in [7, 11) is 2.09. The lowest BCUT2D eigenvalue weighted by Gasteiger charge is -2.32. The predicted molar refractivity (Wildman–Crippen MR) is 73.1 cm³/mol. The first-order chi connectivity index (χ1) is 8.49. The molecule has 18 heavy (non-hydrogen) atoms. The molecule has 0 aromatic carbocycles. The summed E-state index contributed by atoms with van der Waals surface area (Å²) in [4.78, 5) is 23.5. The Kier molecular flexibility index (Phi) is 3.56.